The third-order valence-corrected chi connectivity index (χ3v) is 6.57. The second kappa shape index (κ2) is 10.8. The normalized spacial score (nSPS) is 25.2. The van der Waals surface area contributed by atoms with E-state index in [0.29, 0.717) is 42.2 Å². The van der Waals surface area contributed by atoms with Gasteiger partial charge in [-0.2, -0.15) is 0 Å². The first kappa shape index (κ1) is 26.7. The number of rotatable bonds is 12. The van der Waals surface area contributed by atoms with E-state index in [9.17, 15) is 14.8 Å². The van der Waals surface area contributed by atoms with Gasteiger partial charge in [-0.15, -0.1) is 11.2 Å². The summed E-state index contributed by atoms with van der Waals surface area (Å²) in [5.41, 5.74) is 0.640. The van der Waals surface area contributed by atoms with E-state index in [2.05, 4.69) is 6.58 Å². The molecule has 0 bridgehead atoms. The summed E-state index contributed by atoms with van der Waals surface area (Å²) in [4.78, 5) is 23.9. The van der Waals surface area contributed by atoms with Crippen LogP contribution in [0.4, 0.5) is 0 Å². The molecule has 190 valence electrons. The van der Waals surface area contributed by atoms with Crippen molar-refractivity contribution in [3.63, 3.8) is 0 Å². The molecule has 0 spiro atoms. The lowest BCUT2D eigenvalue weighted by Gasteiger charge is -2.31. The van der Waals surface area contributed by atoms with E-state index in [1.165, 1.54) is 6.08 Å². The molecule has 0 saturated carbocycles. The van der Waals surface area contributed by atoms with Crippen molar-refractivity contribution < 1.29 is 38.4 Å². The predicted molar refractivity (Wildman–Crippen MR) is 130 cm³/mol. The van der Waals surface area contributed by atoms with Crippen LogP contribution in [0, 0.1) is 11.8 Å². The molecule has 2 aliphatic rings. The highest BCUT2D eigenvalue weighted by Crippen LogP contribution is 2.52. The molecule has 1 heterocycles. The van der Waals surface area contributed by atoms with E-state index in [1.807, 2.05) is 39.0 Å². The number of carbonyl (C=O) groups is 2. The molecule has 0 radical (unpaired) electrons. The molecule has 0 aromatic heterocycles. The van der Waals surface area contributed by atoms with Gasteiger partial charge in [0.15, 0.2) is 23.8 Å². The van der Waals surface area contributed by atoms with E-state index >= 15 is 0 Å². The number of methoxy groups -OCH3 is 2. The van der Waals surface area contributed by atoms with Gasteiger partial charge in [0.25, 0.3) is 0 Å². The average molecular weight is 487 g/mol. The second-order valence-electron chi connectivity index (χ2n) is 9.51. The molecular weight excluding hydrogens is 450 g/mol. The zero-order valence-electron chi connectivity index (χ0n) is 21.2. The van der Waals surface area contributed by atoms with Crippen molar-refractivity contribution in [2.45, 2.75) is 38.9 Å². The quantitative estimate of drug-likeness (QED) is 0.156. The zero-order valence-corrected chi connectivity index (χ0v) is 21.2. The maximum absolute atomic E-state index is 12.5. The van der Waals surface area contributed by atoms with Crippen LogP contribution in [0.2, 0.25) is 0 Å². The summed E-state index contributed by atoms with van der Waals surface area (Å²) in [5, 5.41) is 10.4. The molecule has 1 fully saturated rings. The van der Waals surface area contributed by atoms with Gasteiger partial charge in [-0.05, 0) is 30.2 Å². The fourth-order valence-electron chi connectivity index (χ4n) is 4.80. The molecule has 35 heavy (non-hydrogen) atoms. The topological polar surface area (TPSA) is 91.3 Å². The van der Waals surface area contributed by atoms with E-state index in [4.69, 9.17) is 18.9 Å². The number of carbonyl (C=O) groups excluding carboxylic acids is 2. The Balaban J connectivity index is 1.80. The highest BCUT2D eigenvalue weighted by molar-refractivity contribution is 6.06. The molecule has 1 aliphatic carbocycles. The summed E-state index contributed by atoms with van der Waals surface area (Å²) >= 11 is 0. The average Bonchev–Trinajstić information content (AvgIpc) is 3.11. The summed E-state index contributed by atoms with van der Waals surface area (Å²) in [6.45, 7) is 10.2. The summed E-state index contributed by atoms with van der Waals surface area (Å²) in [7, 11) is 3.16. The third-order valence-electron chi connectivity index (χ3n) is 6.57. The van der Waals surface area contributed by atoms with Crippen LogP contribution >= 0.6 is 0 Å². The van der Waals surface area contributed by atoms with Crippen LogP contribution in [0.5, 0.6) is 11.5 Å². The largest absolute Gasteiger partial charge is 0.493 e. The number of allylic oxidation sites excluding steroid dienone is 3. The standard InChI is InChI=1S/C27H36NO7/c1-7-8-21-15-27(33-6)19(4)26(35-25(27)14-22(21)30)20-9-10-23(24(13-20)32-5)34-12-11-28(31,17-29)16-18(2)3/h7,9-10,13-15,17-19,26,31H,1,8,11-12,16H2,2-6H3/q+1. The lowest BCUT2D eigenvalue weighted by atomic mass is 9.78. The molecule has 4 atom stereocenters. The minimum atomic E-state index is -0.840. The van der Waals surface area contributed by atoms with Crippen molar-refractivity contribution in [3.05, 3.63) is 59.9 Å². The number of ketones is 1. The van der Waals surface area contributed by atoms with Crippen LogP contribution in [0.3, 0.4) is 0 Å². The van der Waals surface area contributed by atoms with Gasteiger partial charge in [0.1, 0.15) is 30.6 Å². The maximum atomic E-state index is 12.5. The Kier molecular flexibility index (Phi) is 8.20. The molecule has 1 saturated heterocycles. The van der Waals surface area contributed by atoms with Crippen LogP contribution in [-0.2, 0) is 19.1 Å². The van der Waals surface area contributed by atoms with Crippen LogP contribution in [-0.4, -0.2) is 61.6 Å². The van der Waals surface area contributed by atoms with Gasteiger partial charge >= 0.3 is 6.41 Å². The number of nitrogens with zero attached hydrogens (tertiary/aromatic N) is 1. The first-order chi connectivity index (χ1) is 16.6. The number of quaternary nitrogens is 1. The smallest absolute Gasteiger partial charge is 0.333 e. The summed E-state index contributed by atoms with van der Waals surface area (Å²) in [6.07, 6.45) is 5.68. The number of ether oxygens (including phenoxy) is 4. The fraction of sp³-hybridized carbons (Fsp3) is 0.481. The molecule has 4 unspecified atom stereocenters. The lowest BCUT2D eigenvalue weighted by molar-refractivity contribution is -1.03. The van der Waals surface area contributed by atoms with Crippen molar-refractivity contribution in [1.82, 2.24) is 0 Å². The van der Waals surface area contributed by atoms with Crippen molar-refractivity contribution in [2.75, 3.05) is 33.9 Å². The Morgan fingerprint density at radius 3 is 2.63 bits per heavy atom. The molecule has 1 aromatic carbocycles. The van der Waals surface area contributed by atoms with Crippen LogP contribution < -0.4 is 9.47 Å². The Labute approximate surface area is 207 Å². The lowest BCUT2D eigenvalue weighted by Crippen LogP contribution is -2.48. The number of fused-ring (bicyclic) bond motifs is 1. The Hall–Kier alpha value is -2.94. The predicted octanol–water partition coefficient (Wildman–Crippen LogP) is 4.15. The van der Waals surface area contributed by atoms with Gasteiger partial charge in [-0.1, -0.05) is 32.9 Å². The second-order valence-corrected chi connectivity index (χ2v) is 9.51. The van der Waals surface area contributed by atoms with E-state index in [0.717, 1.165) is 5.56 Å². The first-order valence-electron chi connectivity index (χ1n) is 11.8. The van der Waals surface area contributed by atoms with Crippen molar-refractivity contribution in [3.8, 4) is 11.5 Å². The molecule has 1 N–H and O–H groups in total. The third kappa shape index (κ3) is 5.34. The minimum Gasteiger partial charge on any atom is -0.493 e. The number of benzene rings is 1. The molecule has 1 aliphatic heterocycles. The van der Waals surface area contributed by atoms with Crippen LogP contribution in [0.25, 0.3) is 0 Å². The van der Waals surface area contributed by atoms with Crippen LogP contribution in [0.15, 0.2) is 54.3 Å². The van der Waals surface area contributed by atoms with Crippen molar-refractivity contribution in [1.29, 1.82) is 0 Å². The molecular formula is C27H36NO7+. The zero-order chi connectivity index (χ0) is 25.8. The monoisotopic (exact) mass is 486 g/mol. The fourth-order valence-corrected chi connectivity index (χ4v) is 4.80. The van der Waals surface area contributed by atoms with E-state index < -0.39 is 10.2 Å². The Morgan fingerprint density at radius 1 is 1.29 bits per heavy atom. The van der Waals surface area contributed by atoms with Gasteiger partial charge in [0, 0.05) is 30.6 Å². The summed E-state index contributed by atoms with van der Waals surface area (Å²) in [6, 6.07) is 5.49. The number of hydrogen-bond donors (Lipinski definition) is 1. The van der Waals surface area contributed by atoms with E-state index in [-0.39, 0.29) is 36.9 Å². The summed E-state index contributed by atoms with van der Waals surface area (Å²) < 4.78 is 22.9. The molecule has 1 amide bonds. The molecule has 8 heteroatoms. The number of hydroxylamine groups is 3. The first-order valence-corrected chi connectivity index (χ1v) is 11.8. The summed E-state index contributed by atoms with van der Waals surface area (Å²) in [5.74, 6) is 1.40. The Morgan fingerprint density at radius 2 is 2.03 bits per heavy atom. The van der Waals surface area contributed by atoms with Gasteiger partial charge in [-0.25, -0.2) is 10.0 Å². The molecule has 3 rings (SSSR count). The SMILES string of the molecule is C=CCC1=CC2(OC)C(=CC1=O)OC(c1ccc(OCC[N+](O)(C=O)CC(C)C)c(OC)c1)C2C. The Bertz CT molecular complexity index is 1030. The van der Waals surface area contributed by atoms with Gasteiger partial charge in [0.2, 0.25) is 0 Å². The number of amides is 1. The molecule has 1 aromatic rings. The van der Waals surface area contributed by atoms with Gasteiger partial charge in [0.05, 0.1) is 7.11 Å². The van der Waals surface area contributed by atoms with Gasteiger partial charge in [-0.3, -0.25) is 4.79 Å². The highest BCUT2D eigenvalue weighted by Gasteiger charge is 2.53. The number of hydrogen-bond acceptors (Lipinski definition) is 7. The van der Waals surface area contributed by atoms with Crippen molar-refractivity contribution in [2.24, 2.45) is 11.8 Å². The minimum absolute atomic E-state index is 0.104. The molecule has 8 nitrogen and oxygen atoms in total. The van der Waals surface area contributed by atoms with E-state index in [1.54, 1.807) is 26.4 Å². The van der Waals surface area contributed by atoms with Crippen LogP contribution in [0.1, 0.15) is 38.9 Å². The van der Waals surface area contributed by atoms with Gasteiger partial charge < -0.3 is 18.9 Å². The maximum Gasteiger partial charge on any atom is 0.333 e. The highest BCUT2D eigenvalue weighted by atomic mass is 16.6. The van der Waals surface area contributed by atoms with Crippen molar-refractivity contribution >= 4 is 12.2 Å².